The summed E-state index contributed by atoms with van der Waals surface area (Å²) in [5, 5.41) is 0.317. The zero-order chi connectivity index (χ0) is 17.5. The fraction of sp³-hybridized carbons (Fsp3) is 0.176. The molecule has 0 unspecified atom stereocenters. The van der Waals surface area contributed by atoms with E-state index in [0.717, 1.165) is 5.56 Å². The second-order valence-electron chi connectivity index (χ2n) is 5.44. The van der Waals surface area contributed by atoms with Gasteiger partial charge in [0.15, 0.2) is 0 Å². The molecule has 0 N–H and O–H groups in total. The summed E-state index contributed by atoms with van der Waals surface area (Å²) in [6.07, 6.45) is -5.36. The number of halogens is 4. The fourth-order valence-corrected chi connectivity index (χ4v) is 3.10. The molecular weight excluding hydrogens is 387 g/mol. The van der Waals surface area contributed by atoms with Gasteiger partial charge in [-0.25, -0.2) is 9.78 Å². The van der Waals surface area contributed by atoms with Gasteiger partial charge in [0.25, 0.3) is 0 Å². The van der Waals surface area contributed by atoms with Gasteiger partial charge in [-0.05, 0) is 58.2 Å². The molecule has 0 aliphatic rings. The third-order valence-corrected chi connectivity index (χ3v) is 4.01. The zero-order valence-corrected chi connectivity index (χ0v) is 14.0. The lowest BCUT2D eigenvalue weighted by atomic mass is 10.1. The minimum Gasteiger partial charge on any atom is -0.403 e. The van der Waals surface area contributed by atoms with Crippen LogP contribution in [0.4, 0.5) is 13.2 Å². The number of nitrogens with zero attached hydrogens (tertiary/aromatic N) is 1. The van der Waals surface area contributed by atoms with Gasteiger partial charge in [0, 0.05) is 10.0 Å². The normalized spacial score (nSPS) is 11.9. The number of rotatable bonds is 2. The average molecular weight is 398 g/mol. The second-order valence-corrected chi connectivity index (χ2v) is 6.30. The Bertz CT molecular complexity index is 980. The molecule has 0 saturated carbocycles. The van der Waals surface area contributed by atoms with E-state index in [4.69, 9.17) is 4.42 Å². The van der Waals surface area contributed by atoms with E-state index in [2.05, 4.69) is 20.9 Å². The van der Waals surface area contributed by atoms with Crippen LogP contribution in [-0.2, 0) is 6.42 Å². The number of aromatic nitrogens is 1. The van der Waals surface area contributed by atoms with Gasteiger partial charge in [-0.1, -0.05) is 12.1 Å². The van der Waals surface area contributed by atoms with Gasteiger partial charge in [-0.2, -0.15) is 13.2 Å². The summed E-state index contributed by atoms with van der Waals surface area (Å²) < 4.78 is 43.5. The number of hydrogen-bond donors (Lipinski definition) is 0. The highest BCUT2D eigenvalue weighted by molar-refractivity contribution is 9.10. The van der Waals surface area contributed by atoms with Gasteiger partial charge in [0.05, 0.1) is 17.3 Å². The molecule has 0 radical (unpaired) electrons. The van der Waals surface area contributed by atoms with Gasteiger partial charge in [0.1, 0.15) is 0 Å². The van der Waals surface area contributed by atoms with Crippen molar-refractivity contribution in [1.82, 2.24) is 4.98 Å². The Hall–Kier alpha value is -2.15. The van der Waals surface area contributed by atoms with E-state index >= 15 is 0 Å². The van der Waals surface area contributed by atoms with E-state index in [1.807, 2.05) is 6.92 Å². The maximum absolute atomic E-state index is 12.5. The summed E-state index contributed by atoms with van der Waals surface area (Å²) in [6, 6.07) is 9.19. The third kappa shape index (κ3) is 3.51. The highest BCUT2D eigenvalue weighted by Crippen LogP contribution is 2.27. The van der Waals surface area contributed by atoms with Crippen molar-refractivity contribution in [3.63, 3.8) is 0 Å². The SMILES string of the molecule is Cc1cc(Br)c2nc(-c3cccc(CC(F)(F)F)c3)oc(=O)c2c1. The summed E-state index contributed by atoms with van der Waals surface area (Å²) in [7, 11) is 0. The Kier molecular flexibility index (Phi) is 4.21. The molecule has 0 amide bonds. The second kappa shape index (κ2) is 6.05. The van der Waals surface area contributed by atoms with Gasteiger partial charge < -0.3 is 4.42 Å². The summed E-state index contributed by atoms with van der Waals surface area (Å²) >= 11 is 3.35. The first kappa shape index (κ1) is 16.7. The maximum atomic E-state index is 12.5. The highest BCUT2D eigenvalue weighted by atomic mass is 79.9. The van der Waals surface area contributed by atoms with Gasteiger partial charge in [0.2, 0.25) is 5.89 Å². The molecule has 0 atom stereocenters. The van der Waals surface area contributed by atoms with E-state index in [-0.39, 0.29) is 11.5 Å². The Labute approximate surface area is 143 Å². The molecule has 3 nitrogen and oxygen atoms in total. The van der Waals surface area contributed by atoms with Crippen molar-refractivity contribution in [2.75, 3.05) is 0 Å². The van der Waals surface area contributed by atoms with Crippen LogP contribution in [0.3, 0.4) is 0 Å². The predicted octanol–water partition coefficient (Wildman–Crippen LogP) is 5.03. The fourth-order valence-electron chi connectivity index (χ4n) is 2.44. The Morgan fingerprint density at radius 1 is 1.21 bits per heavy atom. The van der Waals surface area contributed by atoms with E-state index in [1.165, 1.54) is 18.2 Å². The Morgan fingerprint density at radius 3 is 2.67 bits per heavy atom. The van der Waals surface area contributed by atoms with Gasteiger partial charge in [-0.15, -0.1) is 0 Å². The Balaban J connectivity index is 2.14. The molecule has 124 valence electrons. The first-order chi connectivity index (χ1) is 11.2. The molecule has 7 heteroatoms. The van der Waals surface area contributed by atoms with Crippen molar-refractivity contribution in [2.45, 2.75) is 19.5 Å². The number of hydrogen-bond acceptors (Lipinski definition) is 3. The molecule has 1 aromatic heterocycles. The van der Waals surface area contributed by atoms with Crippen LogP contribution in [-0.4, -0.2) is 11.2 Å². The van der Waals surface area contributed by atoms with E-state index in [9.17, 15) is 18.0 Å². The number of fused-ring (bicyclic) bond motifs is 1. The van der Waals surface area contributed by atoms with Gasteiger partial charge >= 0.3 is 11.8 Å². The van der Waals surface area contributed by atoms with Crippen molar-refractivity contribution >= 4 is 26.8 Å². The molecule has 0 aliphatic heterocycles. The van der Waals surface area contributed by atoms with Crippen molar-refractivity contribution < 1.29 is 17.6 Å². The maximum Gasteiger partial charge on any atom is 0.393 e. The van der Waals surface area contributed by atoms with Crippen LogP contribution in [0, 0.1) is 6.92 Å². The third-order valence-electron chi connectivity index (χ3n) is 3.41. The molecule has 1 heterocycles. The number of alkyl halides is 3. The molecule has 3 rings (SSSR count). The summed E-state index contributed by atoms with van der Waals surface area (Å²) in [4.78, 5) is 16.5. The lowest BCUT2D eigenvalue weighted by Crippen LogP contribution is -2.11. The quantitative estimate of drug-likeness (QED) is 0.608. The summed E-state index contributed by atoms with van der Waals surface area (Å²) in [5.41, 5.74) is 1.09. The predicted molar refractivity (Wildman–Crippen MR) is 87.9 cm³/mol. The number of benzene rings is 2. The molecule has 24 heavy (non-hydrogen) atoms. The van der Waals surface area contributed by atoms with Crippen LogP contribution >= 0.6 is 15.9 Å². The van der Waals surface area contributed by atoms with Crippen LogP contribution in [0.2, 0.25) is 0 Å². The monoisotopic (exact) mass is 397 g/mol. The van der Waals surface area contributed by atoms with Crippen molar-refractivity contribution in [1.29, 1.82) is 0 Å². The summed E-state index contributed by atoms with van der Waals surface area (Å²) in [6.45, 7) is 1.83. The van der Waals surface area contributed by atoms with Crippen LogP contribution in [0.15, 0.2) is 50.1 Å². The van der Waals surface area contributed by atoms with Crippen LogP contribution in [0.5, 0.6) is 0 Å². The van der Waals surface area contributed by atoms with E-state index in [0.29, 0.717) is 20.9 Å². The molecule has 0 saturated heterocycles. The summed E-state index contributed by atoms with van der Waals surface area (Å²) in [5.74, 6) is -0.0129. The van der Waals surface area contributed by atoms with Gasteiger partial charge in [-0.3, -0.25) is 0 Å². The van der Waals surface area contributed by atoms with Crippen LogP contribution in [0.1, 0.15) is 11.1 Å². The van der Waals surface area contributed by atoms with E-state index in [1.54, 1.807) is 18.2 Å². The lowest BCUT2D eigenvalue weighted by Gasteiger charge is -2.08. The standard InChI is InChI=1S/C17H11BrF3NO2/c1-9-5-12-14(13(18)6-9)22-15(24-16(12)23)11-4-2-3-10(7-11)8-17(19,20)21/h2-7H,8H2,1H3. The molecule has 3 aromatic rings. The first-order valence-electron chi connectivity index (χ1n) is 7.00. The molecule has 0 fully saturated rings. The minimum absolute atomic E-state index is 0.0129. The zero-order valence-electron chi connectivity index (χ0n) is 12.4. The largest absolute Gasteiger partial charge is 0.403 e. The average Bonchev–Trinajstić information content (AvgIpc) is 2.46. The molecule has 0 bridgehead atoms. The highest BCUT2D eigenvalue weighted by Gasteiger charge is 2.27. The number of aryl methyl sites for hydroxylation is 1. The van der Waals surface area contributed by atoms with Crippen LogP contribution in [0.25, 0.3) is 22.4 Å². The smallest absolute Gasteiger partial charge is 0.393 e. The molecule has 2 aromatic carbocycles. The van der Waals surface area contributed by atoms with Crippen molar-refractivity contribution in [3.8, 4) is 11.5 Å². The Morgan fingerprint density at radius 2 is 1.96 bits per heavy atom. The first-order valence-corrected chi connectivity index (χ1v) is 7.79. The van der Waals surface area contributed by atoms with Crippen LogP contribution < -0.4 is 5.63 Å². The molecule has 0 spiro atoms. The molecular formula is C17H11BrF3NO2. The lowest BCUT2D eigenvalue weighted by molar-refractivity contribution is -0.127. The topological polar surface area (TPSA) is 43.1 Å². The molecule has 0 aliphatic carbocycles. The minimum atomic E-state index is -4.31. The van der Waals surface area contributed by atoms with Crippen molar-refractivity contribution in [2.24, 2.45) is 0 Å². The van der Waals surface area contributed by atoms with E-state index < -0.39 is 18.2 Å². The van der Waals surface area contributed by atoms with Crippen molar-refractivity contribution in [3.05, 3.63) is 62.4 Å².